The van der Waals surface area contributed by atoms with Gasteiger partial charge in [0.1, 0.15) is 0 Å². The fourth-order valence-corrected chi connectivity index (χ4v) is 2.29. The summed E-state index contributed by atoms with van der Waals surface area (Å²) in [5.74, 6) is 0.624. The van der Waals surface area contributed by atoms with E-state index in [0.717, 1.165) is 6.54 Å². The fourth-order valence-electron chi connectivity index (χ4n) is 2.29. The van der Waals surface area contributed by atoms with Crippen LogP contribution in [0.25, 0.3) is 10.4 Å². The lowest BCUT2D eigenvalue weighted by atomic mass is 10.0. The number of β-amino-alcohol motifs (C(OH)–C–C–N with tert-alkyl or cyclic N) is 1. The third kappa shape index (κ3) is 3.70. The van der Waals surface area contributed by atoms with E-state index >= 15 is 0 Å². The Morgan fingerprint density at radius 2 is 2.33 bits per heavy atom. The third-order valence-corrected chi connectivity index (χ3v) is 2.98. The Morgan fingerprint density at radius 1 is 1.60 bits per heavy atom. The highest BCUT2D eigenvalue weighted by atomic mass is 16.3. The lowest BCUT2D eigenvalue weighted by molar-refractivity contribution is 0.0990. The highest BCUT2D eigenvalue weighted by Crippen LogP contribution is 2.23. The Bertz CT molecular complexity index is 238. The predicted octanol–water partition coefficient (Wildman–Crippen LogP) is 1.78. The van der Waals surface area contributed by atoms with Crippen molar-refractivity contribution in [1.29, 1.82) is 0 Å². The molecule has 0 saturated carbocycles. The average molecular weight is 212 g/mol. The normalized spacial score (nSPS) is 24.1. The van der Waals surface area contributed by atoms with Crippen molar-refractivity contribution in [1.82, 2.24) is 4.90 Å². The van der Waals surface area contributed by atoms with Gasteiger partial charge in [0.25, 0.3) is 0 Å². The molecule has 0 radical (unpaired) electrons. The molecule has 1 aliphatic heterocycles. The zero-order valence-electron chi connectivity index (χ0n) is 9.50. The van der Waals surface area contributed by atoms with Crippen LogP contribution in [-0.4, -0.2) is 41.8 Å². The van der Waals surface area contributed by atoms with Gasteiger partial charge in [-0.05, 0) is 30.8 Å². The van der Waals surface area contributed by atoms with Crippen LogP contribution >= 0.6 is 0 Å². The Morgan fingerprint density at radius 3 is 2.93 bits per heavy atom. The second-order valence-corrected chi connectivity index (χ2v) is 4.52. The highest BCUT2D eigenvalue weighted by molar-refractivity contribution is 4.83. The van der Waals surface area contributed by atoms with Gasteiger partial charge in [0, 0.05) is 17.5 Å². The van der Waals surface area contributed by atoms with Crippen LogP contribution in [0.15, 0.2) is 5.11 Å². The smallest absolute Gasteiger partial charge is 0.0723 e. The lowest BCUT2D eigenvalue weighted by Crippen LogP contribution is -2.39. The Hall–Kier alpha value is -0.770. The molecule has 0 amide bonds. The monoisotopic (exact) mass is 212 g/mol. The molecule has 0 aliphatic carbocycles. The van der Waals surface area contributed by atoms with E-state index in [4.69, 9.17) is 5.53 Å². The summed E-state index contributed by atoms with van der Waals surface area (Å²) in [6, 6.07) is 0.575. The van der Waals surface area contributed by atoms with Crippen LogP contribution < -0.4 is 0 Å². The molecule has 1 heterocycles. The van der Waals surface area contributed by atoms with Crippen LogP contribution in [0.4, 0.5) is 0 Å². The van der Waals surface area contributed by atoms with E-state index in [0.29, 0.717) is 18.5 Å². The zero-order chi connectivity index (χ0) is 11.3. The van der Waals surface area contributed by atoms with Gasteiger partial charge in [0.05, 0.1) is 12.6 Å². The lowest BCUT2D eigenvalue weighted by Gasteiger charge is -2.28. The first kappa shape index (κ1) is 12.3. The van der Waals surface area contributed by atoms with Gasteiger partial charge in [-0.15, -0.1) is 0 Å². The molecule has 0 bridgehead atoms. The second-order valence-electron chi connectivity index (χ2n) is 4.52. The van der Waals surface area contributed by atoms with Crippen LogP contribution in [-0.2, 0) is 0 Å². The molecule has 1 rings (SSSR count). The minimum atomic E-state index is -0.528. The molecule has 5 nitrogen and oxygen atoms in total. The first-order chi connectivity index (χ1) is 7.15. The standard InChI is InChI=1S/C10H20N4O/c1-8(2)10-4-3-5-14(10)7-9(15)6-12-13-11/h8-10,15H,3-7H2,1-2H3/t9-,10?/m0/s1. The maximum atomic E-state index is 9.63. The Kier molecular flexibility index (Phi) is 4.88. The number of aliphatic hydroxyl groups excluding tert-OH is 1. The number of aliphatic hydroxyl groups is 1. The second kappa shape index (κ2) is 5.95. The van der Waals surface area contributed by atoms with E-state index in [1.807, 2.05) is 0 Å². The number of hydrogen-bond acceptors (Lipinski definition) is 3. The number of likely N-dealkylation sites (tertiary alicyclic amines) is 1. The summed E-state index contributed by atoms with van der Waals surface area (Å²) in [5.41, 5.74) is 8.15. The maximum absolute atomic E-state index is 9.63. The van der Waals surface area contributed by atoms with E-state index in [-0.39, 0.29) is 6.54 Å². The molecule has 1 aliphatic rings. The van der Waals surface area contributed by atoms with Gasteiger partial charge in [-0.2, -0.15) is 0 Å². The van der Waals surface area contributed by atoms with Crippen molar-refractivity contribution in [2.45, 2.75) is 38.8 Å². The summed E-state index contributed by atoms with van der Waals surface area (Å²) in [6.45, 7) is 6.28. The van der Waals surface area contributed by atoms with Crippen LogP contribution in [0, 0.1) is 5.92 Å². The van der Waals surface area contributed by atoms with Gasteiger partial charge in [-0.1, -0.05) is 19.0 Å². The van der Waals surface area contributed by atoms with Gasteiger partial charge in [-0.25, -0.2) is 0 Å². The molecule has 1 fully saturated rings. The molecule has 0 aromatic carbocycles. The summed E-state index contributed by atoms with van der Waals surface area (Å²) in [4.78, 5) is 4.96. The van der Waals surface area contributed by atoms with Crippen LogP contribution in [0.5, 0.6) is 0 Å². The molecule has 2 atom stereocenters. The van der Waals surface area contributed by atoms with E-state index in [9.17, 15) is 5.11 Å². The third-order valence-electron chi connectivity index (χ3n) is 2.98. The molecule has 15 heavy (non-hydrogen) atoms. The molecular formula is C10H20N4O. The fraction of sp³-hybridized carbons (Fsp3) is 1.00. The van der Waals surface area contributed by atoms with E-state index < -0.39 is 6.10 Å². The van der Waals surface area contributed by atoms with Crippen molar-refractivity contribution < 1.29 is 5.11 Å². The first-order valence-corrected chi connectivity index (χ1v) is 5.58. The van der Waals surface area contributed by atoms with Crippen molar-refractivity contribution in [3.05, 3.63) is 10.4 Å². The zero-order valence-corrected chi connectivity index (χ0v) is 9.50. The minimum absolute atomic E-state index is 0.178. The summed E-state index contributed by atoms with van der Waals surface area (Å²) >= 11 is 0. The number of hydrogen-bond donors (Lipinski definition) is 1. The Balaban J connectivity index is 2.39. The molecule has 0 aromatic rings. The van der Waals surface area contributed by atoms with Crippen molar-refractivity contribution in [3.8, 4) is 0 Å². The Labute approximate surface area is 90.7 Å². The maximum Gasteiger partial charge on any atom is 0.0723 e. The summed E-state index contributed by atoms with van der Waals surface area (Å²) in [7, 11) is 0. The van der Waals surface area contributed by atoms with E-state index in [1.165, 1.54) is 12.8 Å². The van der Waals surface area contributed by atoms with Crippen LogP contribution in [0.2, 0.25) is 0 Å². The summed E-state index contributed by atoms with van der Waals surface area (Å²) in [6.07, 6.45) is 1.89. The summed E-state index contributed by atoms with van der Waals surface area (Å²) in [5, 5.41) is 13.0. The van der Waals surface area contributed by atoms with Gasteiger partial charge in [-0.3, -0.25) is 4.90 Å². The topological polar surface area (TPSA) is 72.2 Å². The molecule has 0 aromatic heterocycles. The molecule has 86 valence electrons. The van der Waals surface area contributed by atoms with E-state index in [2.05, 4.69) is 28.8 Å². The van der Waals surface area contributed by atoms with Crippen molar-refractivity contribution >= 4 is 0 Å². The molecular weight excluding hydrogens is 192 g/mol. The summed E-state index contributed by atoms with van der Waals surface area (Å²) < 4.78 is 0. The first-order valence-electron chi connectivity index (χ1n) is 5.58. The number of nitrogens with zero attached hydrogens (tertiary/aromatic N) is 4. The quantitative estimate of drug-likeness (QED) is 0.428. The molecule has 1 saturated heterocycles. The van der Waals surface area contributed by atoms with E-state index in [1.54, 1.807) is 0 Å². The van der Waals surface area contributed by atoms with Gasteiger partial charge < -0.3 is 5.11 Å². The average Bonchev–Trinajstić information content (AvgIpc) is 2.62. The molecule has 5 heteroatoms. The highest BCUT2D eigenvalue weighted by Gasteiger charge is 2.27. The van der Waals surface area contributed by atoms with Crippen molar-refractivity contribution in [2.24, 2.45) is 11.0 Å². The van der Waals surface area contributed by atoms with Crippen molar-refractivity contribution in [2.75, 3.05) is 19.6 Å². The van der Waals surface area contributed by atoms with Gasteiger partial charge >= 0.3 is 0 Å². The van der Waals surface area contributed by atoms with Crippen LogP contribution in [0.3, 0.4) is 0 Å². The van der Waals surface area contributed by atoms with Gasteiger partial charge in [0.15, 0.2) is 0 Å². The number of azide groups is 1. The van der Waals surface area contributed by atoms with Crippen LogP contribution in [0.1, 0.15) is 26.7 Å². The van der Waals surface area contributed by atoms with Crippen molar-refractivity contribution in [3.63, 3.8) is 0 Å². The SMILES string of the molecule is CC(C)C1CCCN1C[C@@H](O)CN=[N+]=[N-]. The largest absolute Gasteiger partial charge is 0.392 e. The van der Waals surface area contributed by atoms with Gasteiger partial charge in [0.2, 0.25) is 0 Å². The molecule has 1 unspecified atom stereocenters. The predicted molar refractivity (Wildman–Crippen MR) is 59.5 cm³/mol. The minimum Gasteiger partial charge on any atom is -0.392 e. The molecule has 0 spiro atoms. The number of rotatable bonds is 5. The molecule has 1 N–H and O–H groups in total.